The number of hydrogen-bond acceptors (Lipinski definition) is 4. The Morgan fingerprint density at radius 3 is 2.04 bits per heavy atom. The fraction of sp³-hybridized carbons (Fsp3) is 0.864. The quantitative estimate of drug-likeness (QED) is 0.135. The molecule has 0 amide bonds. The highest BCUT2D eigenvalue weighted by molar-refractivity contribution is 5.86. The lowest BCUT2D eigenvalue weighted by Gasteiger charge is -2.38. The third kappa shape index (κ3) is 9.72. The minimum absolute atomic E-state index is 0.309. The molecule has 0 saturated carbocycles. The van der Waals surface area contributed by atoms with Crippen LogP contribution in [0.5, 0.6) is 0 Å². The maximum atomic E-state index is 11.5. The van der Waals surface area contributed by atoms with Gasteiger partial charge in [0.2, 0.25) is 0 Å². The van der Waals surface area contributed by atoms with Gasteiger partial charge in [0.1, 0.15) is 0 Å². The van der Waals surface area contributed by atoms with Crippen LogP contribution in [0.15, 0.2) is 12.2 Å². The lowest BCUT2D eigenvalue weighted by molar-refractivity contribution is -0.247. The Bertz CT molecular complexity index is 374. The van der Waals surface area contributed by atoms with E-state index in [4.69, 9.17) is 14.2 Å². The molecule has 0 saturated heterocycles. The fourth-order valence-corrected chi connectivity index (χ4v) is 3.55. The molecule has 0 bridgehead atoms. The Morgan fingerprint density at radius 2 is 1.50 bits per heavy atom. The summed E-state index contributed by atoms with van der Waals surface area (Å²) >= 11 is 0. The van der Waals surface area contributed by atoms with E-state index in [-0.39, 0.29) is 5.97 Å². The van der Waals surface area contributed by atoms with Crippen molar-refractivity contribution in [3.63, 3.8) is 0 Å². The van der Waals surface area contributed by atoms with E-state index >= 15 is 0 Å². The van der Waals surface area contributed by atoms with E-state index in [0.29, 0.717) is 18.1 Å². The van der Waals surface area contributed by atoms with Crippen molar-refractivity contribution >= 4 is 5.97 Å². The number of hydrogen-bond donors (Lipinski definition) is 0. The summed E-state index contributed by atoms with van der Waals surface area (Å²) in [5, 5.41) is 0. The number of esters is 1. The number of unbranched alkanes of at least 4 members (excludes halogenated alkanes) is 5. The highest BCUT2D eigenvalue weighted by atomic mass is 16.7. The molecule has 0 heterocycles. The summed E-state index contributed by atoms with van der Waals surface area (Å²) in [6, 6.07) is 0. The number of carbonyl (C=O) groups excluding carboxylic acids is 1. The van der Waals surface area contributed by atoms with Gasteiger partial charge in [-0.1, -0.05) is 65.4 Å². The molecule has 4 nitrogen and oxygen atoms in total. The second-order valence-corrected chi connectivity index (χ2v) is 7.28. The van der Waals surface area contributed by atoms with Gasteiger partial charge in [-0.2, -0.15) is 0 Å². The molecular weight excluding hydrogens is 328 g/mol. The van der Waals surface area contributed by atoms with Crippen LogP contribution in [0.4, 0.5) is 0 Å². The molecule has 154 valence electrons. The lowest BCUT2D eigenvalue weighted by Crippen LogP contribution is -2.42. The van der Waals surface area contributed by atoms with E-state index in [9.17, 15) is 4.79 Å². The monoisotopic (exact) mass is 370 g/mol. The van der Waals surface area contributed by atoms with Crippen LogP contribution >= 0.6 is 0 Å². The van der Waals surface area contributed by atoms with Gasteiger partial charge in [-0.15, -0.1) is 0 Å². The molecule has 0 aliphatic heterocycles. The maximum absolute atomic E-state index is 11.5. The molecule has 0 rings (SSSR count). The first-order valence-corrected chi connectivity index (χ1v) is 10.4. The Labute approximate surface area is 161 Å². The van der Waals surface area contributed by atoms with Gasteiger partial charge in [-0.05, 0) is 26.2 Å². The SMILES string of the molecule is C=C(C)C(=O)OCCCC(CCCCCCCC)C(CCC)(OC)OC. The average Bonchev–Trinajstić information content (AvgIpc) is 2.64. The predicted octanol–water partition coefficient (Wildman–Crippen LogP) is 6.04. The van der Waals surface area contributed by atoms with Crippen molar-refractivity contribution < 1.29 is 19.0 Å². The van der Waals surface area contributed by atoms with E-state index in [2.05, 4.69) is 20.4 Å². The first kappa shape index (κ1) is 25.1. The summed E-state index contributed by atoms with van der Waals surface area (Å²) in [4.78, 5) is 11.5. The molecule has 0 fully saturated rings. The Balaban J connectivity index is 4.61. The Morgan fingerprint density at radius 1 is 0.923 bits per heavy atom. The summed E-state index contributed by atoms with van der Waals surface area (Å²) in [6.07, 6.45) is 12.4. The molecule has 0 N–H and O–H groups in total. The number of ether oxygens (including phenoxy) is 3. The standard InChI is InChI=1S/C22H42O4/c1-7-9-10-11-12-13-15-20(22(24-5,25-6)17-8-2)16-14-18-26-21(23)19(3)4/h20H,3,7-18H2,1-2,4-6H3. The predicted molar refractivity (Wildman–Crippen MR) is 108 cm³/mol. The molecule has 0 radical (unpaired) electrons. The zero-order chi connectivity index (χ0) is 19.8. The van der Waals surface area contributed by atoms with Gasteiger partial charge in [-0.25, -0.2) is 4.79 Å². The van der Waals surface area contributed by atoms with Crippen LogP contribution in [0.25, 0.3) is 0 Å². The van der Waals surface area contributed by atoms with E-state index in [1.807, 2.05) is 0 Å². The number of rotatable bonds is 17. The summed E-state index contributed by atoms with van der Waals surface area (Å²) < 4.78 is 17.0. The Kier molecular flexibility index (Phi) is 14.7. The number of methoxy groups -OCH3 is 2. The van der Waals surface area contributed by atoms with Crippen LogP contribution in [0.3, 0.4) is 0 Å². The summed E-state index contributed by atoms with van der Waals surface area (Å²) in [6.45, 7) is 10.1. The van der Waals surface area contributed by atoms with Gasteiger partial charge >= 0.3 is 5.97 Å². The van der Waals surface area contributed by atoms with Crippen LogP contribution in [0, 0.1) is 5.92 Å². The van der Waals surface area contributed by atoms with Crippen molar-refractivity contribution in [2.24, 2.45) is 5.92 Å². The molecule has 1 atom stereocenters. The first-order valence-electron chi connectivity index (χ1n) is 10.4. The van der Waals surface area contributed by atoms with Crippen molar-refractivity contribution in [2.45, 2.75) is 97.2 Å². The lowest BCUT2D eigenvalue weighted by atomic mass is 9.85. The average molecular weight is 371 g/mol. The highest BCUT2D eigenvalue weighted by Crippen LogP contribution is 2.35. The largest absolute Gasteiger partial charge is 0.462 e. The van der Waals surface area contributed by atoms with E-state index in [1.54, 1.807) is 21.1 Å². The molecule has 0 aliphatic carbocycles. The minimum Gasteiger partial charge on any atom is -0.462 e. The van der Waals surface area contributed by atoms with Gasteiger partial charge in [0.15, 0.2) is 5.79 Å². The van der Waals surface area contributed by atoms with Crippen LogP contribution < -0.4 is 0 Å². The maximum Gasteiger partial charge on any atom is 0.333 e. The molecule has 1 unspecified atom stereocenters. The fourth-order valence-electron chi connectivity index (χ4n) is 3.55. The molecule has 0 aromatic rings. The van der Waals surface area contributed by atoms with Crippen LogP contribution in [0.2, 0.25) is 0 Å². The van der Waals surface area contributed by atoms with Crippen LogP contribution in [-0.4, -0.2) is 32.6 Å². The van der Waals surface area contributed by atoms with Crippen molar-refractivity contribution in [1.82, 2.24) is 0 Å². The number of carbonyl (C=O) groups is 1. The second-order valence-electron chi connectivity index (χ2n) is 7.28. The van der Waals surface area contributed by atoms with Crippen molar-refractivity contribution in [1.29, 1.82) is 0 Å². The van der Waals surface area contributed by atoms with Crippen molar-refractivity contribution in [2.75, 3.05) is 20.8 Å². The van der Waals surface area contributed by atoms with Gasteiger partial charge in [0, 0.05) is 32.1 Å². The smallest absolute Gasteiger partial charge is 0.333 e. The van der Waals surface area contributed by atoms with Gasteiger partial charge < -0.3 is 14.2 Å². The minimum atomic E-state index is -0.531. The summed E-state index contributed by atoms with van der Waals surface area (Å²) in [5.41, 5.74) is 0.447. The highest BCUT2D eigenvalue weighted by Gasteiger charge is 2.37. The zero-order valence-corrected chi connectivity index (χ0v) is 17.9. The second kappa shape index (κ2) is 15.2. The summed E-state index contributed by atoms with van der Waals surface area (Å²) in [7, 11) is 3.49. The molecule has 0 aromatic carbocycles. The van der Waals surface area contributed by atoms with E-state index in [1.165, 1.54) is 38.5 Å². The van der Waals surface area contributed by atoms with Gasteiger partial charge in [0.05, 0.1) is 6.61 Å². The van der Waals surface area contributed by atoms with E-state index < -0.39 is 5.79 Å². The van der Waals surface area contributed by atoms with Gasteiger partial charge in [0.25, 0.3) is 0 Å². The molecule has 0 aromatic heterocycles. The molecule has 4 heteroatoms. The molecule has 0 spiro atoms. The molecular formula is C22H42O4. The third-order valence-corrected chi connectivity index (χ3v) is 5.10. The Hall–Kier alpha value is -0.870. The molecule has 0 aliphatic rings. The van der Waals surface area contributed by atoms with Crippen LogP contribution in [0.1, 0.15) is 91.4 Å². The van der Waals surface area contributed by atoms with Gasteiger partial charge in [-0.3, -0.25) is 0 Å². The molecule has 26 heavy (non-hydrogen) atoms. The third-order valence-electron chi connectivity index (χ3n) is 5.10. The van der Waals surface area contributed by atoms with Crippen molar-refractivity contribution in [3.05, 3.63) is 12.2 Å². The van der Waals surface area contributed by atoms with Crippen LogP contribution in [-0.2, 0) is 19.0 Å². The first-order chi connectivity index (χ1) is 12.5. The normalized spacial score (nSPS) is 12.8. The van der Waals surface area contributed by atoms with Crippen molar-refractivity contribution in [3.8, 4) is 0 Å². The zero-order valence-electron chi connectivity index (χ0n) is 17.9. The summed E-state index contributed by atoms with van der Waals surface area (Å²) in [5.74, 6) is -0.529. The topological polar surface area (TPSA) is 44.8 Å². The van der Waals surface area contributed by atoms with E-state index in [0.717, 1.165) is 32.1 Å².